The van der Waals surface area contributed by atoms with Crippen molar-refractivity contribution in [1.29, 1.82) is 0 Å². The number of amides is 1. The van der Waals surface area contributed by atoms with Gasteiger partial charge in [-0.3, -0.25) is 0 Å². The van der Waals surface area contributed by atoms with Gasteiger partial charge in [-0.05, 0) is 20.8 Å². The molecule has 0 N–H and O–H groups in total. The van der Waals surface area contributed by atoms with Crippen LogP contribution < -0.4 is 0 Å². The molecule has 1 amide bonds. The topological polar surface area (TPSA) is 29.5 Å². The van der Waals surface area contributed by atoms with Crippen molar-refractivity contribution in [2.45, 2.75) is 26.9 Å². The molecule has 10 heavy (non-hydrogen) atoms. The zero-order valence-corrected chi connectivity index (χ0v) is 7.05. The normalized spacial score (nSPS) is 9.70. The van der Waals surface area contributed by atoms with Crippen molar-refractivity contribution in [2.75, 3.05) is 13.6 Å². The van der Waals surface area contributed by atoms with Crippen LogP contribution in [0.25, 0.3) is 0 Å². The molecule has 0 bridgehead atoms. The van der Waals surface area contributed by atoms with Crippen LogP contribution in [0.2, 0.25) is 0 Å². The quantitative estimate of drug-likeness (QED) is 0.589. The summed E-state index contributed by atoms with van der Waals surface area (Å²) in [5, 5.41) is 0. The Morgan fingerprint density at radius 3 is 2.40 bits per heavy atom. The predicted octanol–water partition coefficient (Wildman–Crippen LogP) is 1.48. The summed E-state index contributed by atoms with van der Waals surface area (Å²) in [6.07, 6.45) is -0.279. The van der Waals surface area contributed by atoms with E-state index in [1.165, 1.54) is 4.90 Å². The van der Waals surface area contributed by atoms with Gasteiger partial charge in [0.15, 0.2) is 0 Å². The first-order valence-corrected chi connectivity index (χ1v) is 3.49. The molecule has 0 aromatic carbocycles. The Hall–Kier alpha value is -0.730. The molecule has 0 aromatic heterocycles. The van der Waals surface area contributed by atoms with Crippen molar-refractivity contribution < 1.29 is 9.53 Å². The maximum atomic E-state index is 10.9. The van der Waals surface area contributed by atoms with Crippen LogP contribution in [-0.2, 0) is 4.74 Å². The number of carbonyl (C=O) groups excluding carboxylic acids is 1. The standard InChI is InChI=1S/C7H15NO2/c1-5-8(4)7(9)10-6(2)3/h6H,5H2,1-4H3. The molecule has 0 radical (unpaired) electrons. The highest BCUT2D eigenvalue weighted by molar-refractivity contribution is 5.67. The van der Waals surface area contributed by atoms with E-state index in [0.717, 1.165) is 0 Å². The zero-order valence-electron chi connectivity index (χ0n) is 7.05. The second-order valence-electron chi connectivity index (χ2n) is 2.45. The minimum absolute atomic E-state index is 0.0264. The molecule has 0 aromatic rings. The van der Waals surface area contributed by atoms with Crippen LogP contribution in [-0.4, -0.2) is 30.7 Å². The van der Waals surface area contributed by atoms with Crippen LogP contribution >= 0.6 is 0 Å². The number of carbonyl (C=O) groups is 1. The first kappa shape index (κ1) is 9.27. The number of nitrogens with zero attached hydrogens (tertiary/aromatic N) is 1. The van der Waals surface area contributed by atoms with Crippen molar-refractivity contribution >= 4 is 6.09 Å². The van der Waals surface area contributed by atoms with Crippen LogP contribution in [0.1, 0.15) is 20.8 Å². The van der Waals surface area contributed by atoms with Crippen LogP contribution in [0.4, 0.5) is 4.79 Å². The fourth-order valence-electron chi connectivity index (χ4n) is 0.421. The lowest BCUT2D eigenvalue weighted by atomic mass is 10.5. The Kier molecular flexibility index (Phi) is 3.84. The molecule has 0 unspecified atom stereocenters. The molecule has 0 aliphatic heterocycles. The van der Waals surface area contributed by atoms with Gasteiger partial charge in [0.25, 0.3) is 0 Å². The molecular weight excluding hydrogens is 130 g/mol. The van der Waals surface area contributed by atoms with E-state index in [2.05, 4.69) is 0 Å². The summed E-state index contributed by atoms with van der Waals surface area (Å²) in [7, 11) is 1.71. The van der Waals surface area contributed by atoms with Crippen molar-refractivity contribution in [3.05, 3.63) is 0 Å². The monoisotopic (exact) mass is 145 g/mol. The molecule has 3 nitrogen and oxygen atoms in total. The Morgan fingerprint density at radius 2 is 2.10 bits per heavy atom. The molecule has 0 heterocycles. The van der Waals surface area contributed by atoms with Gasteiger partial charge in [-0.2, -0.15) is 0 Å². The van der Waals surface area contributed by atoms with E-state index in [4.69, 9.17) is 4.74 Å². The van der Waals surface area contributed by atoms with Gasteiger partial charge in [-0.15, -0.1) is 0 Å². The van der Waals surface area contributed by atoms with E-state index in [-0.39, 0.29) is 12.2 Å². The van der Waals surface area contributed by atoms with Gasteiger partial charge in [-0.25, -0.2) is 4.79 Å². The van der Waals surface area contributed by atoms with E-state index >= 15 is 0 Å². The second kappa shape index (κ2) is 4.14. The highest BCUT2D eigenvalue weighted by Gasteiger charge is 2.08. The van der Waals surface area contributed by atoms with Gasteiger partial charge in [0.1, 0.15) is 0 Å². The van der Waals surface area contributed by atoms with E-state index in [0.29, 0.717) is 6.54 Å². The maximum absolute atomic E-state index is 10.9. The first-order valence-electron chi connectivity index (χ1n) is 3.49. The third-order valence-electron chi connectivity index (χ3n) is 1.12. The summed E-state index contributed by atoms with van der Waals surface area (Å²) in [5.74, 6) is 0. The van der Waals surface area contributed by atoms with Crippen LogP contribution in [0.3, 0.4) is 0 Å². The molecular formula is C7H15NO2. The summed E-state index contributed by atoms with van der Waals surface area (Å²) in [6.45, 7) is 6.26. The summed E-state index contributed by atoms with van der Waals surface area (Å²) in [6, 6.07) is 0. The average molecular weight is 145 g/mol. The van der Waals surface area contributed by atoms with Gasteiger partial charge in [0, 0.05) is 13.6 Å². The molecule has 0 fully saturated rings. The van der Waals surface area contributed by atoms with Crippen molar-refractivity contribution in [2.24, 2.45) is 0 Å². The molecule has 0 rings (SSSR count). The minimum atomic E-state index is -0.252. The minimum Gasteiger partial charge on any atom is -0.447 e. The molecule has 0 saturated heterocycles. The van der Waals surface area contributed by atoms with Crippen molar-refractivity contribution in [1.82, 2.24) is 4.90 Å². The third-order valence-corrected chi connectivity index (χ3v) is 1.12. The largest absolute Gasteiger partial charge is 0.447 e. The Labute approximate surface area is 62.0 Å². The molecule has 0 saturated carbocycles. The highest BCUT2D eigenvalue weighted by Crippen LogP contribution is 1.94. The average Bonchev–Trinajstić information content (AvgIpc) is 1.85. The lowest BCUT2D eigenvalue weighted by Crippen LogP contribution is -2.29. The lowest BCUT2D eigenvalue weighted by Gasteiger charge is -2.16. The Morgan fingerprint density at radius 1 is 1.60 bits per heavy atom. The van der Waals surface area contributed by atoms with Gasteiger partial charge in [0.2, 0.25) is 0 Å². The van der Waals surface area contributed by atoms with Crippen molar-refractivity contribution in [3.8, 4) is 0 Å². The number of ether oxygens (including phenoxy) is 1. The van der Waals surface area contributed by atoms with E-state index in [9.17, 15) is 4.79 Å². The summed E-state index contributed by atoms with van der Waals surface area (Å²) in [4.78, 5) is 12.4. The highest BCUT2D eigenvalue weighted by atomic mass is 16.6. The SMILES string of the molecule is CCN(C)C(=O)OC(C)C. The second-order valence-corrected chi connectivity index (χ2v) is 2.45. The van der Waals surface area contributed by atoms with E-state index in [1.54, 1.807) is 7.05 Å². The number of hydrogen-bond acceptors (Lipinski definition) is 2. The predicted molar refractivity (Wildman–Crippen MR) is 39.9 cm³/mol. The molecule has 0 spiro atoms. The van der Waals surface area contributed by atoms with E-state index in [1.807, 2.05) is 20.8 Å². The fraction of sp³-hybridized carbons (Fsp3) is 0.857. The molecule has 0 aliphatic carbocycles. The van der Waals surface area contributed by atoms with E-state index < -0.39 is 0 Å². The Balaban J connectivity index is 3.62. The summed E-state index contributed by atoms with van der Waals surface area (Å²) in [5.41, 5.74) is 0. The van der Waals surface area contributed by atoms with Gasteiger partial charge in [0.05, 0.1) is 6.10 Å². The van der Waals surface area contributed by atoms with Gasteiger partial charge >= 0.3 is 6.09 Å². The zero-order chi connectivity index (χ0) is 8.15. The Bertz CT molecular complexity index is 112. The van der Waals surface area contributed by atoms with Crippen LogP contribution in [0, 0.1) is 0 Å². The third kappa shape index (κ3) is 3.33. The first-order chi connectivity index (χ1) is 4.57. The summed E-state index contributed by atoms with van der Waals surface area (Å²) >= 11 is 0. The molecule has 3 heteroatoms. The van der Waals surface area contributed by atoms with Gasteiger partial charge < -0.3 is 9.64 Å². The lowest BCUT2D eigenvalue weighted by molar-refractivity contribution is 0.0855. The number of rotatable bonds is 2. The molecule has 0 atom stereocenters. The smallest absolute Gasteiger partial charge is 0.409 e. The van der Waals surface area contributed by atoms with Gasteiger partial charge in [-0.1, -0.05) is 0 Å². The molecule has 0 aliphatic rings. The molecule has 60 valence electrons. The maximum Gasteiger partial charge on any atom is 0.409 e. The van der Waals surface area contributed by atoms with Crippen LogP contribution in [0.15, 0.2) is 0 Å². The van der Waals surface area contributed by atoms with Crippen LogP contribution in [0.5, 0.6) is 0 Å². The summed E-state index contributed by atoms with van der Waals surface area (Å²) < 4.78 is 4.89. The van der Waals surface area contributed by atoms with Crippen molar-refractivity contribution in [3.63, 3.8) is 0 Å². The number of hydrogen-bond donors (Lipinski definition) is 0. The fourth-order valence-corrected chi connectivity index (χ4v) is 0.421.